The highest BCUT2D eigenvalue weighted by Crippen LogP contribution is 2.32. The van der Waals surface area contributed by atoms with Gasteiger partial charge in [0.2, 0.25) is 5.91 Å². The topological polar surface area (TPSA) is 95.1 Å². The van der Waals surface area contributed by atoms with Crippen LogP contribution in [-0.4, -0.2) is 45.8 Å². The number of fused-ring (bicyclic) bond motifs is 1. The predicted molar refractivity (Wildman–Crippen MR) is 106 cm³/mol. The largest absolute Gasteiger partial charge is 0.497 e. The smallest absolute Gasteiger partial charge is 0.251 e. The summed E-state index contributed by atoms with van der Waals surface area (Å²) in [5.41, 5.74) is 1.22. The Morgan fingerprint density at radius 3 is 2.31 bits per heavy atom. The molecule has 1 heterocycles. The molecule has 3 rings (SSSR count). The molecule has 0 unspecified atom stereocenters. The fourth-order valence-corrected chi connectivity index (χ4v) is 2.91. The maximum absolute atomic E-state index is 12.4. The number of hydrogen-bond acceptors (Lipinski definition) is 6. The summed E-state index contributed by atoms with van der Waals surface area (Å²) in [6.07, 6.45) is 0. The Balaban J connectivity index is 1.56. The molecule has 0 saturated heterocycles. The molecule has 0 bridgehead atoms. The van der Waals surface area contributed by atoms with Crippen molar-refractivity contribution in [2.24, 2.45) is 0 Å². The number of carbonyl (C=O) groups is 2. The maximum atomic E-state index is 12.4. The van der Waals surface area contributed by atoms with Crippen LogP contribution in [0.5, 0.6) is 23.0 Å². The van der Waals surface area contributed by atoms with Crippen LogP contribution < -0.4 is 29.6 Å². The lowest BCUT2D eigenvalue weighted by molar-refractivity contribution is -0.120. The second kappa shape index (κ2) is 9.18. The van der Waals surface area contributed by atoms with Gasteiger partial charge in [0.15, 0.2) is 11.5 Å². The molecule has 0 aliphatic carbocycles. The van der Waals surface area contributed by atoms with Gasteiger partial charge in [0, 0.05) is 11.6 Å². The average molecular weight is 400 g/mol. The molecule has 1 aliphatic heterocycles. The molecule has 1 aliphatic rings. The van der Waals surface area contributed by atoms with Gasteiger partial charge in [0.25, 0.3) is 5.91 Å². The Morgan fingerprint density at radius 1 is 1.00 bits per heavy atom. The molecule has 0 saturated carbocycles. The van der Waals surface area contributed by atoms with E-state index >= 15 is 0 Å². The van der Waals surface area contributed by atoms with E-state index in [4.69, 9.17) is 18.9 Å². The summed E-state index contributed by atoms with van der Waals surface area (Å²) in [5, 5.41) is 5.46. The van der Waals surface area contributed by atoms with E-state index in [0.717, 1.165) is 5.56 Å². The summed E-state index contributed by atoms with van der Waals surface area (Å²) in [4.78, 5) is 24.6. The maximum Gasteiger partial charge on any atom is 0.251 e. The Hall–Kier alpha value is -3.42. The zero-order valence-corrected chi connectivity index (χ0v) is 16.6. The van der Waals surface area contributed by atoms with Crippen LogP contribution in [0.3, 0.4) is 0 Å². The minimum absolute atomic E-state index is 0.159. The number of ether oxygens (including phenoxy) is 4. The van der Waals surface area contributed by atoms with Crippen LogP contribution in [0.15, 0.2) is 36.4 Å². The van der Waals surface area contributed by atoms with Crippen molar-refractivity contribution in [2.75, 3.05) is 34.0 Å². The third kappa shape index (κ3) is 5.10. The van der Waals surface area contributed by atoms with E-state index in [1.807, 2.05) is 25.1 Å². The molecular weight excluding hydrogens is 376 g/mol. The molecule has 8 nitrogen and oxygen atoms in total. The van der Waals surface area contributed by atoms with Crippen molar-refractivity contribution >= 4 is 11.8 Å². The molecule has 0 aromatic heterocycles. The first-order valence-electron chi connectivity index (χ1n) is 9.20. The summed E-state index contributed by atoms with van der Waals surface area (Å²) < 4.78 is 21.4. The van der Waals surface area contributed by atoms with E-state index in [9.17, 15) is 9.59 Å². The highest BCUT2D eigenvalue weighted by molar-refractivity contribution is 5.97. The monoisotopic (exact) mass is 400 g/mol. The number of rotatable bonds is 7. The molecule has 1 atom stereocenters. The van der Waals surface area contributed by atoms with Crippen LogP contribution in [0.1, 0.15) is 28.9 Å². The van der Waals surface area contributed by atoms with Gasteiger partial charge in [-0.3, -0.25) is 9.59 Å². The van der Waals surface area contributed by atoms with Gasteiger partial charge in [-0.05, 0) is 36.8 Å². The second-order valence-electron chi connectivity index (χ2n) is 6.48. The third-order valence-electron chi connectivity index (χ3n) is 4.47. The zero-order chi connectivity index (χ0) is 20.8. The highest BCUT2D eigenvalue weighted by atomic mass is 16.6. The quantitative estimate of drug-likeness (QED) is 0.739. The van der Waals surface area contributed by atoms with E-state index in [1.165, 1.54) is 14.2 Å². The molecule has 154 valence electrons. The molecule has 2 N–H and O–H groups in total. The van der Waals surface area contributed by atoms with Crippen molar-refractivity contribution in [1.82, 2.24) is 10.6 Å². The lowest BCUT2D eigenvalue weighted by atomic mass is 10.1. The van der Waals surface area contributed by atoms with Gasteiger partial charge in [-0.25, -0.2) is 0 Å². The molecule has 2 amide bonds. The molecule has 8 heteroatoms. The molecule has 2 aromatic rings. The summed E-state index contributed by atoms with van der Waals surface area (Å²) in [5.74, 6) is 1.63. The van der Waals surface area contributed by atoms with Crippen LogP contribution in [-0.2, 0) is 4.79 Å². The number of amides is 2. The van der Waals surface area contributed by atoms with Gasteiger partial charge in [0.1, 0.15) is 24.7 Å². The van der Waals surface area contributed by atoms with Crippen LogP contribution in [0.4, 0.5) is 0 Å². The van der Waals surface area contributed by atoms with Crippen molar-refractivity contribution in [2.45, 2.75) is 13.0 Å². The minimum atomic E-state index is -0.399. The highest BCUT2D eigenvalue weighted by Gasteiger charge is 2.17. The molecule has 0 radical (unpaired) electrons. The van der Waals surface area contributed by atoms with Gasteiger partial charge >= 0.3 is 0 Å². The number of nitrogens with one attached hydrogen (secondary N) is 2. The molecule has 29 heavy (non-hydrogen) atoms. The Morgan fingerprint density at radius 2 is 1.66 bits per heavy atom. The minimum Gasteiger partial charge on any atom is -0.497 e. The van der Waals surface area contributed by atoms with E-state index in [0.29, 0.717) is 41.8 Å². The fraction of sp³-hybridized carbons (Fsp3) is 0.333. The van der Waals surface area contributed by atoms with Crippen LogP contribution >= 0.6 is 0 Å². The first-order valence-corrected chi connectivity index (χ1v) is 9.20. The lowest BCUT2D eigenvalue weighted by Gasteiger charge is -2.21. The summed E-state index contributed by atoms with van der Waals surface area (Å²) in [7, 11) is 3.01. The Kier molecular flexibility index (Phi) is 6.43. The number of methoxy groups -OCH3 is 2. The van der Waals surface area contributed by atoms with E-state index in [2.05, 4.69) is 10.6 Å². The Bertz CT molecular complexity index is 876. The normalized spacial score (nSPS) is 13.2. The fourth-order valence-electron chi connectivity index (χ4n) is 2.91. The number of benzene rings is 2. The second-order valence-corrected chi connectivity index (χ2v) is 6.48. The number of hydrogen-bond donors (Lipinski definition) is 2. The average Bonchev–Trinajstić information content (AvgIpc) is 2.76. The van der Waals surface area contributed by atoms with Crippen LogP contribution in [0, 0.1) is 0 Å². The molecular formula is C21H24N2O6. The van der Waals surface area contributed by atoms with Gasteiger partial charge in [-0.1, -0.05) is 6.07 Å². The van der Waals surface area contributed by atoms with Crippen molar-refractivity contribution < 1.29 is 28.5 Å². The first-order chi connectivity index (χ1) is 14.0. The number of carbonyl (C=O) groups excluding carboxylic acids is 2. The first kappa shape index (κ1) is 20.3. The van der Waals surface area contributed by atoms with Crippen molar-refractivity contribution in [3.05, 3.63) is 47.5 Å². The molecule has 2 aromatic carbocycles. The lowest BCUT2D eigenvalue weighted by Crippen LogP contribution is -2.38. The summed E-state index contributed by atoms with van der Waals surface area (Å²) in [6, 6.07) is 10.1. The zero-order valence-electron chi connectivity index (χ0n) is 16.6. The molecule has 0 spiro atoms. The van der Waals surface area contributed by atoms with Gasteiger partial charge in [-0.2, -0.15) is 0 Å². The van der Waals surface area contributed by atoms with Crippen LogP contribution in [0.25, 0.3) is 0 Å². The van der Waals surface area contributed by atoms with Gasteiger partial charge in [-0.15, -0.1) is 0 Å². The van der Waals surface area contributed by atoms with E-state index in [1.54, 1.807) is 18.2 Å². The van der Waals surface area contributed by atoms with E-state index < -0.39 is 5.91 Å². The standard InChI is InChI=1S/C21H24N2O6/c1-13(14-4-5-18-19(10-14)29-7-6-28-18)23-20(24)12-22-21(25)15-8-16(26-2)11-17(9-15)27-3/h4-5,8-11,13H,6-7,12H2,1-3H3,(H,22,25)(H,23,24)/t13-/m0/s1. The predicted octanol–water partition coefficient (Wildman–Crippen LogP) is 2.08. The summed E-state index contributed by atoms with van der Waals surface area (Å²) in [6.45, 7) is 2.72. The van der Waals surface area contributed by atoms with Crippen molar-refractivity contribution in [3.8, 4) is 23.0 Å². The SMILES string of the molecule is COc1cc(OC)cc(C(=O)NCC(=O)N[C@@H](C)c2ccc3c(c2)OCCO3)c1. The van der Waals surface area contributed by atoms with Gasteiger partial charge in [0.05, 0.1) is 26.8 Å². The Labute approximate surface area is 169 Å². The van der Waals surface area contributed by atoms with E-state index in [-0.39, 0.29) is 18.5 Å². The van der Waals surface area contributed by atoms with Crippen molar-refractivity contribution in [1.29, 1.82) is 0 Å². The summed E-state index contributed by atoms with van der Waals surface area (Å²) >= 11 is 0. The van der Waals surface area contributed by atoms with Crippen LogP contribution in [0.2, 0.25) is 0 Å². The van der Waals surface area contributed by atoms with Crippen molar-refractivity contribution in [3.63, 3.8) is 0 Å². The third-order valence-corrected chi connectivity index (χ3v) is 4.47. The molecule has 0 fully saturated rings. The van der Waals surface area contributed by atoms with Gasteiger partial charge < -0.3 is 29.6 Å².